The number of benzene rings is 2. The van der Waals surface area contributed by atoms with E-state index in [9.17, 15) is 9.59 Å². The number of fused-ring (bicyclic) bond motifs is 2. The lowest BCUT2D eigenvalue weighted by atomic mass is 10.2. The fraction of sp³-hybridized carbons (Fsp3) is 0.263. The van der Waals surface area contributed by atoms with Crippen LogP contribution in [0.3, 0.4) is 0 Å². The summed E-state index contributed by atoms with van der Waals surface area (Å²) in [6.07, 6.45) is 0. The number of amides is 1. The van der Waals surface area contributed by atoms with Gasteiger partial charge in [-0.1, -0.05) is 0 Å². The van der Waals surface area contributed by atoms with Gasteiger partial charge in [0.1, 0.15) is 26.4 Å². The first kappa shape index (κ1) is 17.0. The van der Waals surface area contributed by atoms with Crippen molar-refractivity contribution in [2.24, 2.45) is 0 Å². The molecule has 0 radical (unpaired) electrons. The largest absolute Gasteiger partial charge is 0.486 e. The number of nitrogens with one attached hydrogen (secondary N) is 1. The number of rotatable bonds is 4. The molecule has 8 nitrogen and oxygen atoms in total. The van der Waals surface area contributed by atoms with Crippen LogP contribution in [0, 0.1) is 0 Å². The second-order valence-corrected chi connectivity index (χ2v) is 5.84. The zero-order valence-electron chi connectivity index (χ0n) is 14.4. The third-order valence-corrected chi connectivity index (χ3v) is 3.94. The maximum Gasteiger partial charge on any atom is 0.338 e. The molecule has 8 heteroatoms. The van der Waals surface area contributed by atoms with Crippen molar-refractivity contribution in [2.75, 3.05) is 38.4 Å². The SMILES string of the molecule is O=C(COC(=O)c1ccc2c(c1)OCCO2)Nc1ccc2c(c1)OCCO2. The van der Waals surface area contributed by atoms with Crippen LogP contribution in [0.4, 0.5) is 5.69 Å². The average molecular weight is 371 g/mol. The Hall–Kier alpha value is -3.42. The van der Waals surface area contributed by atoms with Gasteiger partial charge in [0.2, 0.25) is 0 Å². The second-order valence-electron chi connectivity index (χ2n) is 5.84. The minimum atomic E-state index is -0.621. The van der Waals surface area contributed by atoms with E-state index in [0.717, 1.165) is 0 Å². The Morgan fingerprint density at radius 3 is 2.11 bits per heavy atom. The van der Waals surface area contributed by atoms with Crippen LogP contribution in [-0.2, 0) is 9.53 Å². The molecule has 0 spiro atoms. The summed E-state index contributed by atoms with van der Waals surface area (Å²) >= 11 is 0. The first-order chi connectivity index (χ1) is 13.2. The molecule has 2 aromatic carbocycles. The molecule has 140 valence electrons. The van der Waals surface area contributed by atoms with Gasteiger partial charge in [0.15, 0.2) is 29.6 Å². The predicted octanol–water partition coefficient (Wildman–Crippen LogP) is 2.02. The van der Waals surface area contributed by atoms with Crippen LogP contribution in [0.25, 0.3) is 0 Å². The summed E-state index contributed by atoms with van der Waals surface area (Å²) in [7, 11) is 0. The normalized spacial score (nSPS) is 14.2. The molecule has 1 N–H and O–H groups in total. The highest BCUT2D eigenvalue weighted by Gasteiger charge is 2.17. The molecule has 1 amide bonds. The Bertz CT molecular complexity index is 880. The van der Waals surface area contributed by atoms with Gasteiger partial charge in [0.05, 0.1) is 5.56 Å². The molecule has 0 bridgehead atoms. The summed E-state index contributed by atoms with van der Waals surface area (Å²) in [4.78, 5) is 24.2. The van der Waals surface area contributed by atoms with Crippen LogP contribution >= 0.6 is 0 Å². The molecule has 0 saturated heterocycles. The van der Waals surface area contributed by atoms with Crippen molar-refractivity contribution >= 4 is 17.6 Å². The van der Waals surface area contributed by atoms with Crippen LogP contribution in [-0.4, -0.2) is 44.9 Å². The van der Waals surface area contributed by atoms with Gasteiger partial charge in [0, 0.05) is 11.8 Å². The van der Waals surface area contributed by atoms with Gasteiger partial charge in [-0.25, -0.2) is 4.79 Å². The Labute approximate surface area is 154 Å². The van der Waals surface area contributed by atoms with Gasteiger partial charge in [-0.2, -0.15) is 0 Å². The first-order valence-electron chi connectivity index (χ1n) is 8.45. The molecule has 0 fully saturated rings. The van der Waals surface area contributed by atoms with Gasteiger partial charge in [-0.05, 0) is 30.3 Å². The molecule has 0 aliphatic carbocycles. The van der Waals surface area contributed by atoms with Gasteiger partial charge in [-0.3, -0.25) is 4.79 Å². The Balaban J connectivity index is 1.33. The van der Waals surface area contributed by atoms with E-state index in [-0.39, 0.29) is 5.56 Å². The van der Waals surface area contributed by atoms with Crippen molar-refractivity contribution in [3.8, 4) is 23.0 Å². The second kappa shape index (κ2) is 7.45. The fourth-order valence-electron chi connectivity index (χ4n) is 2.70. The van der Waals surface area contributed by atoms with E-state index in [2.05, 4.69) is 5.32 Å². The summed E-state index contributed by atoms with van der Waals surface area (Å²) in [5.41, 5.74) is 0.811. The molecule has 2 aliphatic rings. The van der Waals surface area contributed by atoms with Crippen molar-refractivity contribution in [3.63, 3.8) is 0 Å². The van der Waals surface area contributed by atoms with Gasteiger partial charge < -0.3 is 29.0 Å². The fourth-order valence-corrected chi connectivity index (χ4v) is 2.70. The Morgan fingerprint density at radius 1 is 0.815 bits per heavy atom. The van der Waals surface area contributed by atoms with E-state index < -0.39 is 18.5 Å². The lowest BCUT2D eigenvalue weighted by Crippen LogP contribution is -2.21. The molecule has 2 aliphatic heterocycles. The number of anilines is 1. The molecular weight excluding hydrogens is 354 g/mol. The van der Waals surface area contributed by atoms with Crippen molar-refractivity contribution in [1.29, 1.82) is 0 Å². The topological polar surface area (TPSA) is 92.3 Å². The van der Waals surface area contributed by atoms with Gasteiger partial charge >= 0.3 is 5.97 Å². The van der Waals surface area contributed by atoms with E-state index in [1.807, 2.05) is 0 Å². The van der Waals surface area contributed by atoms with Crippen molar-refractivity contribution in [3.05, 3.63) is 42.0 Å². The van der Waals surface area contributed by atoms with Crippen LogP contribution in [0.15, 0.2) is 36.4 Å². The summed E-state index contributed by atoms with van der Waals surface area (Å²) < 4.78 is 26.8. The van der Waals surface area contributed by atoms with E-state index in [4.69, 9.17) is 23.7 Å². The van der Waals surface area contributed by atoms with Crippen molar-refractivity contribution in [1.82, 2.24) is 0 Å². The van der Waals surface area contributed by atoms with Crippen LogP contribution in [0.2, 0.25) is 0 Å². The highest BCUT2D eigenvalue weighted by atomic mass is 16.6. The monoisotopic (exact) mass is 371 g/mol. The third kappa shape index (κ3) is 3.89. The first-order valence-corrected chi connectivity index (χ1v) is 8.45. The molecule has 2 aromatic rings. The lowest BCUT2D eigenvalue weighted by molar-refractivity contribution is -0.119. The summed E-state index contributed by atoms with van der Waals surface area (Å²) in [5.74, 6) is 1.17. The van der Waals surface area contributed by atoms with E-state index in [1.54, 1.807) is 30.3 Å². The zero-order chi connectivity index (χ0) is 18.6. The standard InChI is InChI=1S/C19H17NO7/c21-18(20-13-2-4-15-17(10-13)26-8-6-24-15)11-27-19(22)12-1-3-14-16(9-12)25-7-5-23-14/h1-4,9-10H,5-8,11H2,(H,20,21). The molecule has 2 heterocycles. The average Bonchev–Trinajstić information content (AvgIpc) is 2.71. The Kier molecular flexibility index (Phi) is 4.69. The Morgan fingerprint density at radius 2 is 1.41 bits per heavy atom. The molecule has 0 saturated carbocycles. The van der Waals surface area contributed by atoms with Crippen molar-refractivity contribution in [2.45, 2.75) is 0 Å². The molecular formula is C19H17NO7. The molecule has 0 aromatic heterocycles. The van der Waals surface area contributed by atoms with E-state index in [0.29, 0.717) is 55.1 Å². The number of esters is 1. The molecule has 0 atom stereocenters. The highest BCUT2D eigenvalue weighted by Crippen LogP contribution is 2.33. The smallest absolute Gasteiger partial charge is 0.338 e. The van der Waals surface area contributed by atoms with Crippen LogP contribution < -0.4 is 24.3 Å². The lowest BCUT2D eigenvalue weighted by Gasteiger charge is -2.19. The molecule has 4 rings (SSSR count). The maximum atomic E-state index is 12.1. The third-order valence-electron chi connectivity index (χ3n) is 3.94. The highest BCUT2D eigenvalue weighted by molar-refractivity contribution is 5.96. The minimum Gasteiger partial charge on any atom is -0.486 e. The number of hydrogen-bond donors (Lipinski definition) is 1. The predicted molar refractivity (Wildman–Crippen MR) is 93.8 cm³/mol. The summed E-state index contributed by atoms with van der Waals surface area (Å²) in [6, 6.07) is 9.80. The number of carbonyl (C=O) groups is 2. The minimum absolute atomic E-state index is 0.284. The summed E-state index contributed by atoms with van der Waals surface area (Å²) in [6.45, 7) is 1.42. The van der Waals surface area contributed by atoms with Gasteiger partial charge in [-0.15, -0.1) is 0 Å². The zero-order valence-corrected chi connectivity index (χ0v) is 14.4. The van der Waals surface area contributed by atoms with Crippen LogP contribution in [0.1, 0.15) is 10.4 Å². The number of carbonyl (C=O) groups excluding carboxylic acids is 2. The van der Waals surface area contributed by atoms with Crippen LogP contribution in [0.5, 0.6) is 23.0 Å². The molecule has 27 heavy (non-hydrogen) atoms. The van der Waals surface area contributed by atoms with Gasteiger partial charge in [0.25, 0.3) is 5.91 Å². The molecule has 0 unspecified atom stereocenters. The van der Waals surface area contributed by atoms with E-state index in [1.165, 1.54) is 6.07 Å². The quantitative estimate of drug-likeness (QED) is 0.822. The maximum absolute atomic E-state index is 12.1. The summed E-state index contributed by atoms with van der Waals surface area (Å²) in [5, 5.41) is 2.65. The number of hydrogen-bond acceptors (Lipinski definition) is 7. The number of ether oxygens (including phenoxy) is 5. The van der Waals surface area contributed by atoms with Crippen molar-refractivity contribution < 1.29 is 33.3 Å². The van der Waals surface area contributed by atoms with E-state index >= 15 is 0 Å².